The molecule has 1 N–H and O–H groups in total. The van der Waals surface area contributed by atoms with E-state index in [1.807, 2.05) is 0 Å². The van der Waals surface area contributed by atoms with Gasteiger partial charge in [-0.1, -0.05) is 29.9 Å². The monoisotopic (exact) mass is 378 g/mol. The second-order valence-corrected chi connectivity index (χ2v) is 7.34. The summed E-state index contributed by atoms with van der Waals surface area (Å²) in [7, 11) is -4.84. The van der Waals surface area contributed by atoms with Crippen molar-refractivity contribution in [1.29, 1.82) is 0 Å². The molecule has 0 bridgehead atoms. The van der Waals surface area contributed by atoms with Crippen molar-refractivity contribution in [1.82, 2.24) is 0 Å². The third kappa shape index (κ3) is 3.38. The molecule has 0 spiro atoms. The average molecular weight is 378 g/mol. The van der Waals surface area contributed by atoms with Crippen LogP contribution >= 0.6 is 0 Å². The topological polar surface area (TPSA) is 71.4 Å². The highest BCUT2D eigenvalue weighted by molar-refractivity contribution is 7.86. The van der Waals surface area contributed by atoms with Gasteiger partial charge in [-0.25, -0.2) is 4.39 Å². The quantitative estimate of drug-likeness (QED) is 0.646. The molecule has 0 amide bonds. The van der Waals surface area contributed by atoms with Crippen LogP contribution in [-0.4, -0.2) is 24.0 Å². The summed E-state index contributed by atoms with van der Waals surface area (Å²) >= 11 is 0. The first-order valence-electron chi connectivity index (χ1n) is 7.02. The number of Topliss-reactive ketones (excluding diaryl/α,β-unsaturated/α-hetero) is 1. The summed E-state index contributed by atoms with van der Waals surface area (Å²) in [4.78, 5) is 12.3. The summed E-state index contributed by atoms with van der Waals surface area (Å²) in [5.41, 5.74) is -3.69. The van der Waals surface area contributed by atoms with E-state index >= 15 is 0 Å². The number of ketones is 1. The number of hydrogen-bond donors (Lipinski definition) is 1. The van der Waals surface area contributed by atoms with Gasteiger partial charge in [-0.15, -0.1) is 0 Å². The van der Waals surface area contributed by atoms with Crippen LogP contribution in [0.3, 0.4) is 0 Å². The Bertz CT molecular complexity index is 884. The Morgan fingerprint density at radius 3 is 2.36 bits per heavy atom. The third-order valence-corrected chi connectivity index (χ3v) is 5.26. The number of rotatable bonds is 3. The minimum atomic E-state index is -5.03. The number of hydrogen-bond acceptors (Lipinski definition) is 3. The van der Waals surface area contributed by atoms with Crippen LogP contribution in [0, 0.1) is 5.82 Å². The summed E-state index contributed by atoms with van der Waals surface area (Å²) in [5, 5.41) is -1.83. The Morgan fingerprint density at radius 2 is 1.88 bits per heavy atom. The van der Waals surface area contributed by atoms with Gasteiger partial charge in [-0.3, -0.25) is 9.35 Å². The second kappa shape index (κ2) is 6.06. The maximum Gasteiger partial charge on any atom is 0.419 e. The fourth-order valence-electron chi connectivity index (χ4n) is 2.97. The zero-order valence-electron chi connectivity index (χ0n) is 13.1. The number of allylic oxidation sites excluding steroid dienone is 3. The molecule has 2 atom stereocenters. The van der Waals surface area contributed by atoms with Gasteiger partial charge in [0.25, 0.3) is 10.1 Å². The number of benzene rings is 1. The third-order valence-electron chi connectivity index (χ3n) is 4.09. The molecule has 0 saturated heterocycles. The first-order chi connectivity index (χ1) is 11.3. The van der Waals surface area contributed by atoms with E-state index in [0.29, 0.717) is 17.7 Å². The maximum absolute atomic E-state index is 13.6. The highest BCUT2D eigenvalue weighted by Gasteiger charge is 2.50. The molecule has 9 heteroatoms. The van der Waals surface area contributed by atoms with Crippen molar-refractivity contribution in [3.63, 3.8) is 0 Å². The molecule has 0 fully saturated rings. The molecule has 2 rings (SSSR count). The van der Waals surface area contributed by atoms with Crippen molar-refractivity contribution in [2.75, 3.05) is 0 Å². The largest absolute Gasteiger partial charge is 0.419 e. The number of carbonyl (C=O) groups excluding carboxylic acids is 1. The van der Waals surface area contributed by atoms with Crippen molar-refractivity contribution in [2.24, 2.45) is 0 Å². The lowest BCUT2D eigenvalue weighted by Crippen LogP contribution is -2.48. The SMILES string of the molecule is CC(=O)C1(c2ccc(F)c(C(F)(F)F)c2)C=C(C)C=CC1S(=O)(=O)O. The van der Waals surface area contributed by atoms with Gasteiger partial charge < -0.3 is 0 Å². The van der Waals surface area contributed by atoms with Gasteiger partial charge in [0.05, 0.1) is 11.0 Å². The van der Waals surface area contributed by atoms with E-state index in [9.17, 15) is 35.3 Å². The molecular weight excluding hydrogens is 364 g/mol. The molecule has 0 saturated carbocycles. The molecule has 2 unspecified atom stereocenters. The van der Waals surface area contributed by atoms with Crippen molar-refractivity contribution >= 4 is 15.9 Å². The van der Waals surface area contributed by atoms with Crippen molar-refractivity contribution in [2.45, 2.75) is 30.7 Å². The Hall–Kier alpha value is -2.00. The Morgan fingerprint density at radius 1 is 1.28 bits per heavy atom. The van der Waals surface area contributed by atoms with Crippen LogP contribution in [0.5, 0.6) is 0 Å². The van der Waals surface area contributed by atoms with E-state index in [1.54, 1.807) is 0 Å². The van der Waals surface area contributed by atoms with Gasteiger partial charge in [0.1, 0.15) is 16.9 Å². The van der Waals surface area contributed by atoms with E-state index in [1.165, 1.54) is 19.1 Å². The standard InChI is InChI=1S/C16H14F4O4S/c1-9-3-6-14(25(22,23)24)15(8-9,10(2)21)11-4-5-13(17)12(7-11)16(18,19)20/h3-8,14H,1-2H3,(H,22,23,24). The van der Waals surface area contributed by atoms with Crippen molar-refractivity contribution in [3.8, 4) is 0 Å². The lowest BCUT2D eigenvalue weighted by molar-refractivity contribution is -0.140. The summed E-state index contributed by atoms with van der Waals surface area (Å²) in [6.45, 7) is 2.51. The number of alkyl halides is 3. The van der Waals surface area contributed by atoms with Gasteiger partial charge in [0, 0.05) is 0 Å². The Labute approximate surface area is 141 Å². The lowest BCUT2D eigenvalue weighted by Gasteiger charge is -2.36. The molecule has 4 nitrogen and oxygen atoms in total. The Balaban J connectivity index is 2.86. The van der Waals surface area contributed by atoms with Crippen LogP contribution in [0.2, 0.25) is 0 Å². The predicted molar refractivity (Wildman–Crippen MR) is 82.0 cm³/mol. The number of halogens is 4. The summed E-state index contributed by atoms with van der Waals surface area (Å²) in [6, 6.07) is 1.83. The molecule has 1 aliphatic carbocycles. The summed E-state index contributed by atoms with van der Waals surface area (Å²) in [5.74, 6) is -2.36. The van der Waals surface area contributed by atoms with E-state index in [4.69, 9.17) is 0 Å². The van der Waals surface area contributed by atoms with Crippen LogP contribution in [0.4, 0.5) is 17.6 Å². The minimum Gasteiger partial charge on any atom is -0.299 e. The van der Waals surface area contributed by atoms with E-state index in [-0.39, 0.29) is 5.56 Å². The fraction of sp³-hybridized carbons (Fsp3) is 0.312. The summed E-state index contributed by atoms with van der Waals surface area (Å²) < 4.78 is 85.6. The molecule has 0 aliphatic heterocycles. The minimum absolute atomic E-state index is 0.375. The molecule has 1 aromatic carbocycles. The maximum atomic E-state index is 13.6. The first-order valence-corrected chi connectivity index (χ1v) is 8.52. The molecular formula is C16H14F4O4S. The van der Waals surface area contributed by atoms with E-state index in [0.717, 1.165) is 19.1 Å². The second-order valence-electron chi connectivity index (χ2n) is 5.80. The average Bonchev–Trinajstić information content (AvgIpc) is 2.44. The van der Waals surface area contributed by atoms with Crippen LogP contribution in [0.15, 0.2) is 42.0 Å². The van der Waals surface area contributed by atoms with Crippen LogP contribution in [0.1, 0.15) is 25.0 Å². The van der Waals surface area contributed by atoms with Crippen molar-refractivity contribution < 1.29 is 35.3 Å². The molecule has 0 aromatic heterocycles. The number of carbonyl (C=O) groups is 1. The zero-order chi connectivity index (χ0) is 19.2. The van der Waals surface area contributed by atoms with Crippen LogP contribution in [0.25, 0.3) is 0 Å². The predicted octanol–water partition coefficient (Wildman–Crippen LogP) is 3.44. The van der Waals surface area contributed by atoms with Crippen LogP contribution in [-0.2, 0) is 26.5 Å². The molecule has 25 heavy (non-hydrogen) atoms. The molecule has 1 aromatic rings. The van der Waals surface area contributed by atoms with Crippen LogP contribution < -0.4 is 0 Å². The molecule has 0 heterocycles. The lowest BCUT2D eigenvalue weighted by atomic mass is 9.70. The Kier molecular flexibility index (Phi) is 4.69. The van der Waals surface area contributed by atoms with E-state index in [2.05, 4.69) is 0 Å². The smallest absolute Gasteiger partial charge is 0.299 e. The van der Waals surface area contributed by atoms with Gasteiger partial charge in [0.2, 0.25) is 0 Å². The zero-order valence-corrected chi connectivity index (χ0v) is 14.0. The summed E-state index contributed by atoms with van der Waals surface area (Å²) in [6.07, 6.45) is -1.51. The molecule has 136 valence electrons. The van der Waals surface area contributed by atoms with Gasteiger partial charge >= 0.3 is 6.18 Å². The highest BCUT2D eigenvalue weighted by Crippen LogP contribution is 2.42. The normalized spacial score (nSPS) is 24.1. The molecule has 1 aliphatic rings. The highest BCUT2D eigenvalue weighted by atomic mass is 32.2. The fourth-order valence-corrected chi connectivity index (χ4v) is 4.08. The first kappa shape index (κ1) is 19.3. The molecule has 0 radical (unpaired) electrons. The van der Waals surface area contributed by atoms with Gasteiger partial charge in [0.15, 0.2) is 0 Å². The van der Waals surface area contributed by atoms with Gasteiger partial charge in [-0.05, 0) is 31.5 Å². The van der Waals surface area contributed by atoms with Crippen molar-refractivity contribution in [3.05, 3.63) is 58.9 Å². The van der Waals surface area contributed by atoms with Gasteiger partial charge in [-0.2, -0.15) is 21.6 Å². The van der Waals surface area contributed by atoms with E-state index < -0.39 is 44.1 Å².